The van der Waals surface area contributed by atoms with E-state index >= 15 is 0 Å². The number of hydrogen-bond donors (Lipinski definition) is 1. The number of aryl methyl sites for hydroxylation is 1. The Balaban J connectivity index is 2.37. The van der Waals surface area contributed by atoms with Gasteiger partial charge in [0.15, 0.2) is 0 Å². The topological polar surface area (TPSA) is 42.1 Å². The zero-order valence-electron chi connectivity index (χ0n) is 10.2. The maximum atomic E-state index is 5.61. The summed E-state index contributed by atoms with van der Waals surface area (Å²) in [7, 11) is 2.02. The van der Waals surface area contributed by atoms with Crippen molar-refractivity contribution in [1.29, 1.82) is 0 Å². The van der Waals surface area contributed by atoms with Gasteiger partial charge in [0.1, 0.15) is 5.82 Å². The van der Waals surface area contributed by atoms with Crippen LogP contribution in [0.15, 0.2) is 42.5 Å². The van der Waals surface area contributed by atoms with Gasteiger partial charge in [-0.3, -0.25) is 0 Å². The highest BCUT2D eigenvalue weighted by molar-refractivity contribution is 5.62. The summed E-state index contributed by atoms with van der Waals surface area (Å²) >= 11 is 0. The van der Waals surface area contributed by atoms with Gasteiger partial charge >= 0.3 is 0 Å². The van der Waals surface area contributed by atoms with Gasteiger partial charge in [-0.25, -0.2) is 4.98 Å². The van der Waals surface area contributed by atoms with Gasteiger partial charge < -0.3 is 10.6 Å². The smallest absolute Gasteiger partial charge is 0.133 e. The van der Waals surface area contributed by atoms with Crippen molar-refractivity contribution in [2.24, 2.45) is 5.73 Å². The highest BCUT2D eigenvalue weighted by atomic mass is 15.2. The standard InChI is InChI=1S/C14H17N3/c1-11-6-3-4-8-13(11)17(2)14-9-5-7-12(10-15)16-14/h3-9H,10,15H2,1-2H3. The molecule has 0 atom stereocenters. The van der Waals surface area contributed by atoms with Crippen LogP contribution in [0.25, 0.3) is 0 Å². The number of anilines is 2. The van der Waals surface area contributed by atoms with Crippen LogP contribution in [0.3, 0.4) is 0 Å². The van der Waals surface area contributed by atoms with Gasteiger partial charge in [-0.15, -0.1) is 0 Å². The summed E-state index contributed by atoms with van der Waals surface area (Å²) in [5, 5.41) is 0. The second-order valence-corrected chi connectivity index (χ2v) is 4.04. The maximum Gasteiger partial charge on any atom is 0.133 e. The molecule has 2 N–H and O–H groups in total. The molecule has 0 radical (unpaired) electrons. The quantitative estimate of drug-likeness (QED) is 0.876. The number of pyridine rings is 1. The number of aromatic nitrogens is 1. The Morgan fingerprint density at radius 3 is 2.59 bits per heavy atom. The van der Waals surface area contributed by atoms with E-state index in [-0.39, 0.29) is 0 Å². The van der Waals surface area contributed by atoms with E-state index in [0.29, 0.717) is 6.54 Å². The number of para-hydroxylation sites is 1. The minimum absolute atomic E-state index is 0.468. The van der Waals surface area contributed by atoms with E-state index in [0.717, 1.165) is 17.2 Å². The molecule has 0 aliphatic rings. The molecule has 0 amide bonds. The van der Waals surface area contributed by atoms with E-state index in [1.807, 2.05) is 37.4 Å². The van der Waals surface area contributed by atoms with E-state index in [2.05, 4.69) is 28.9 Å². The Kier molecular flexibility index (Phi) is 3.40. The molecule has 2 aromatic rings. The molecule has 0 aliphatic heterocycles. The Hall–Kier alpha value is -1.87. The van der Waals surface area contributed by atoms with E-state index in [9.17, 15) is 0 Å². The minimum atomic E-state index is 0.468. The van der Waals surface area contributed by atoms with Crippen molar-refractivity contribution in [2.75, 3.05) is 11.9 Å². The Labute approximate surface area is 102 Å². The van der Waals surface area contributed by atoms with Gasteiger partial charge in [-0.2, -0.15) is 0 Å². The molecule has 3 heteroatoms. The Morgan fingerprint density at radius 2 is 1.88 bits per heavy atom. The first kappa shape index (κ1) is 11.6. The van der Waals surface area contributed by atoms with E-state index in [1.165, 1.54) is 5.56 Å². The summed E-state index contributed by atoms with van der Waals surface area (Å²) in [4.78, 5) is 6.59. The second kappa shape index (κ2) is 4.97. The van der Waals surface area contributed by atoms with Crippen LogP contribution >= 0.6 is 0 Å². The van der Waals surface area contributed by atoms with Crippen LogP contribution in [0.1, 0.15) is 11.3 Å². The van der Waals surface area contributed by atoms with Crippen molar-refractivity contribution in [3.8, 4) is 0 Å². The summed E-state index contributed by atoms with van der Waals surface area (Å²) in [6.45, 7) is 2.56. The minimum Gasteiger partial charge on any atom is -0.329 e. The van der Waals surface area contributed by atoms with Crippen LogP contribution in [0.5, 0.6) is 0 Å². The Morgan fingerprint density at radius 1 is 1.12 bits per heavy atom. The van der Waals surface area contributed by atoms with Crippen LogP contribution in [0.4, 0.5) is 11.5 Å². The lowest BCUT2D eigenvalue weighted by molar-refractivity contribution is 0.973. The Bertz CT molecular complexity index is 508. The molecule has 0 bridgehead atoms. The van der Waals surface area contributed by atoms with Crippen LogP contribution in [0, 0.1) is 6.92 Å². The molecule has 88 valence electrons. The fourth-order valence-electron chi connectivity index (χ4n) is 1.83. The maximum absolute atomic E-state index is 5.61. The fraction of sp³-hybridized carbons (Fsp3) is 0.214. The van der Waals surface area contributed by atoms with Gasteiger partial charge in [-0.1, -0.05) is 24.3 Å². The first-order valence-corrected chi connectivity index (χ1v) is 5.67. The second-order valence-electron chi connectivity index (χ2n) is 4.04. The number of nitrogens with zero attached hydrogens (tertiary/aromatic N) is 2. The molecule has 0 fully saturated rings. The summed E-state index contributed by atoms with van der Waals surface area (Å²) in [5.41, 5.74) is 8.90. The molecule has 2 rings (SSSR count). The normalized spacial score (nSPS) is 10.3. The first-order valence-electron chi connectivity index (χ1n) is 5.67. The van der Waals surface area contributed by atoms with E-state index in [1.54, 1.807) is 0 Å². The number of nitrogens with two attached hydrogens (primary N) is 1. The number of benzene rings is 1. The van der Waals surface area contributed by atoms with E-state index < -0.39 is 0 Å². The lowest BCUT2D eigenvalue weighted by Gasteiger charge is -2.20. The van der Waals surface area contributed by atoms with Crippen molar-refractivity contribution in [3.05, 3.63) is 53.7 Å². The molecule has 0 spiro atoms. The van der Waals surface area contributed by atoms with Crippen molar-refractivity contribution < 1.29 is 0 Å². The molecule has 0 saturated heterocycles. The molecule has 1 aromatic heterocycles. The molecule has 17 heavy (non-hydrogen) atoms. The zero-order chi connectivity index (χ0) is 12.3. The van der Waals surface area contributed by atoms with Crippen molar-refractivity contribution in [3.63, 3.8) is 0 Å². The molecular formula is C14H17N3. The first-order chi connectivity index (χ1) is 8.22. The molecule has 0 aliphatic carbocycles. The third-order valence-corrected chi connectivity index (χ3v) is 2.82. The summed E-state index contributed by atoms with van der Waals surface area (Å²) in [6, 6.07) is 14.2. The monoisotopic (exact) mass is 227 g/mol. The molecule has 1 heterocycles. The van der Waals surface area contributed by atoms with Gasteiger partial charge in [0.25, 0.3) is 0 Å². The zero-order valence-corrected chi connectivity index (χ0v) is 10.2. The fourth-order valence-corrected chi connectivity index (χ4v) is 1.83. The SMILES string of the molecule is Cc1ccccc1N(C)c1cccc(CN)n1. The highest BCUT2D eigenvalue weighted by Crippen LogP contribution is 2.24. The van der Waals surface area contributed by atoms with Crippen molar-refractivity contribution >= 4 is 11.5 Å². The third kappa shape index (κ3) is 2.45. The van der Waals surface area contributed by atoms with Crippen LogP contribution in [-0.2, 0) is 6.54 Å². The predicted molar refractivity (Wildman–Crippen MR) is 71.4 cm³/mol. The average Bonchev–Trinajstić information content (AvgIpc) is 2.38. The number of hydrogen-bond acceptors (Lipinski definition) is 3. The van der Waals surface area contributed by atoms with Gasteiger partial charge in [-0.05, 0) is 30.7 Å². The molecule has 0 unspecified atom stereocenters. The van der Waals surface area contributed by atoms with Crippen molar-refractivity contribution in [2.45, 2.75) is 13.5 Å². The highest BCUT2D eigenvalue weighted by Gasteiger charge is 2.07. The average molecular weight is 227 g/mol. The van der Waals surface area contributed by atoms with Crippen LogP contribution in [-0.4, -0.2) is 12.0 Å². The number of rotatable bonds is 3. The molecule has 0 saturated carbocycles. The van der Waals surface area contributed by atoms with Crippen molar-refractivity contribution in [1.82, 2.24) is 4.98 Å². The molecule has 3 nitrogen and oxygen atoms in total. The largest absolute Gasteiger partial charge is 0.329 e. The van der Waals surface area contributed by atoms with Crippen LogP contribution in [0.2, 0.25) is 0 Å². The predicted octanol–water partition coefficient (Wildman–Crippen LogP) is 2.62. The van der Waals surface area contributed by atoms with Gasteiger partial charge in [0, 0.05) is 19.3 Å². The van der Waals surface area contributed by atoms with Gasteiger partial charge in [0.2, 0.25) is 0 Å². The third-order valence-electron chi connectivity index (χ3n) is 2.82. The molecular weight excluding hydrogens is 210 g/mol. The lowest BCUT2D eigenvalue weighted by atomic mass is 10.2. The summed E-state index contributed by atoms with van der Waals surface area (Å²) in [6.07, 6.45) is 0. The van der Waals surface area contributed by atoms with Crippen LogP contribution < -0.4 is 10.6 Å². The summed E-state index contributed by atoms with van der Waals surface area (Å²) < 4.78 is 0. The van der Waals surface area contributed by atoms with Gasteiger partial charge in [0.05, 0.1) is 5.69 Å². The summed E-state index contributed by atoms with van der Waals surface area (Å²) in [5.74, 6) is 0.919. The molecule has 1 aromatic carbocycles. The lowest BCUT2D eigenvalue weighted by Crippen LogP contribution is -2.13. The van der Waals surface area contributed by atoms with E-state index in [4.69, 9.17) is 5.73 Å².